The molecule has 66 valence electrons. The molecule has 1 atom stereocenters. The largest absolute Gasteiger partial charge is 0.395 e. The van der Waals surface area contributed by atoms with Gasteiger partial charge in [-0.25, -0.2) is 0 Å². The Labute approximate surface area is 83.7 Å². The molecule has 12 heavy (non-hydrogen) atoms. The first-order chi connectivity index (χ1) is 5.79. The Kier molecular flexibility index (Phi) is 2.50. The summed E-state index contributed by atoms with van der Waals surface area (Å²) in [4.78, 5) is 1.40. The van der Waals surface area contributed by atoms with Gasteiger partial charge in [-0.2, -0.15) is 0 Å². The summed E-state index contributed by atoms with van der Waals surface area (Å²) in [5, 5.41) is 12.2. The van der Waals surface area contributed by atoms with Crippen LogP contribution in [0.15, 0.2) is 9.85 Å². The van der Waals surface area contributed by atoms with Crippen LogP contribution in [0, 0.1) is 0 Å². The van der Waals surface area contributed by atoms with Gasteiger partial charge in [0.15, 0.2) is 0 Å². The lowest BCUT2D eigenvalue weighted by molar-refractivity contribution is 0.237. The molecule has 2 rings (SSSR count). The molecule has 0 saturated carbocycles. The van der Waals surface area contributed by atoms with Crippen LogP contribution in [0.1, 0.15) is 10.4 Å². The number of fused-ring (bicyclic) bond motifs is 1. The highest BCUT2D eigenvalue weighted by atomic mass is 79.9. The second kappa shape index (κ2) is 3.46. The van der Waals surface area contributed by atoms with Crippen LogP contribution < -0.4 is 5.32 Å². The Morgan fingerprint density at radius 3 is 3.33 bits per heavy atom. The van der Waals surface area contributed by atoms with Gasteiger partial charge in [-0.1, -0.05) is 0 Å². The first-order valence-electron chi connectivity index (χ1n) is 3.91. The zero-order valence-electron chi connectivity index (χ0n) is 6.51. The molecule has 1 aliphatic rings. The summed E-state index contributed by atoms with van der Waals surface area (Å²) in [6.45, 7) is 1.12. The molecule has 0 aromatic carbocycles. The molecule has 0 spiro atoms. The van der Waals surface area contributed by atoms with Gasteiger partial charge in [-0.3, -0.25) is 0 Å². The molecule has 1 aromatic heterocycles. The molecule has 2 heterocycles. The topological polar surface area (TPSA) is 32.3 Å². The average molecular weight is 248 g/mol. The number of halogens is 1. The lowest BCUT2D eigenvalue weighted by Crippen LogP contribution is -2.37. The smallest absolute Gasteiger partial charge is 0.0704 e. The van der Waals surface area contributed by atoms with Crippen molar-refractivity contribution in [2.24, 2.45) is 0 Å². The van der Waals surface area contributed by atoms with Crippen LogP contribution in [-0.4, -0.2) is 17.8 Å². The Morgan fingerprint density at radius 1 is 1.75 bits per heavy atom. The van der Waals surface area contributed by atoms with E-state index >= 15 is 0 Å². The highest BCUT2D eigenvalue weighted by Crippen LogP contribution is 2.30. The van der Waals surface area contributed by atoms with Crippen LogP contribution in [0.25, 0.3) is 0 Å². The summed E-state index contributed by atoms with van der Waals surface area (Å²) in [5.74, 6) is 0. The summed E-state index contributed by atoms with van der Waals surface area (Å²) in [5.41, 5.74) is 1.37. The molecule has 1 unspecified atom stereocenters. The minimum Gasteiger partial charge on any atom is -0.395 e. The Hall–Kier alpha value is 0.1000. The third kappa shape index (κ3) is 1.57. The zero-order chi connectivity index (χ0) is 8.55. The zero-order valence-corrected chi connectivity index (χ0v) is 8.91. The Morgan fingerprint density at radius 2 is 2.58 bits per heavy atom. The predicted molar refractivity (Wildman–Crippen MR) is 53.4 cm³/mol. The molecule has 2 N–H and O–H groups in total. The van der Waals surface area contributed by atoms with E-state index in [2.05, 4.69) is 27.3 Å². The van der Waals surface area contributed by atoms with Gasteiger partial charge in [0.25, 0.3) is 0 Å². The number of nitrogens with one attached hydrogen (secondary N) is 1. The monoisotopic (exact) mass is 247 g/mol. The van der Waals surface area contributed by atoms with E-state index in [1.165, 1.54) is 14.2 Å². The van der Waals surface area contributed by atoms with Gasteiger partial charge in [0.05, 0.1) is 10.4 Å². The van der Waals surface area contributed by atoms with Crippen LogP contribution >= 0.6 is 27.3 Å². The number of thiophene rings is 1. The fourth-order valence-electron chi connectivity index (χ4n) is 1.43. The molecule has 2 nitrogen and oxygen atoms in total. The molecular weight excluding hydrogens is 238 g/mol. The van der Waals surface area contributed by atoms with E-state index in [0.717, 1.165) is 13.0 Å². The summed E-state index contributed by atoms with van der Waals surface area (Å²) in [6.07, 6.45) is 0.960. The third-order valence-corrected chi connectivity index (χ3v) is 3.80. The highest BCUT2D eigenvalue weighted by molar-refractivity contribution is 9.11. The molecule has 1 aliphatic heterocycles. The normalized spacial score (nSPS) is 22.3. The van der Waals surface area contributed by atoms with Gasteiger partial charge in [0, 0.05) is 17.5 Å². The fourth-order valence-corrected chi connectivity index (χ4v) is 3.28. The van der Waals surface area contributed by atoms with Gasteiger partial charge in [-0.15, -0.1) is 11.3 Å². The standard InChI is InChI=1S/C8H10BrNOS/c9-8-1-5-3-10-6(4-11)2-7(5)12-8/h1,6,10-11H,2-4H2. The van der Waals surface area contributed by atoms with Crippen LogP contribution in [0.3, 0.4) is 0 Å². The first-order valence-corrected chi connectivity index (χ1v) is 5.52. The summed E-state index contributed by atoms with van der Waals surface area (Å²) < 4.78 is 1.19. The Balaban J connectivity index is 2.22. The molecule has 4 heteroatoms. The number of aliphatic hydroxyl groups excluding tert-OH is 1. The van der Waals surface area contributed by atoms with Crippen molar-refractivity contribution in [2.45, 2.75) is 19.0 Å². The van der Waals surface area contributed by atoms with Gasteiger partial charge in [0.2, 0.25) is 0 Å². The number of hydrogen-bond donors (Lipinski definition) is 2. The van der Waals surface area contributed by atoms with E-state index in [-0.39, 0.29) is 12.6 Å². The maximum atomic E-state index is 8.95. The van der Waals surface area contributed by atoms with Crippen molar-refractivity contribution in [3.8, 4) is 0 Å². The highest BCUT2D eigenvalue weighted by Gasteiger charge is 2.18. The minimum absolute atomic E-state index is 0.231. The molecular formula is C8H10BrNOS. The van der Waals surface area contributed by atoms with Crippen molar-refractivity contribution in [3.05, 3.63) is 20.3 Å². The van der Waals surface area contributed by atoms with E-state index in [1.54, 1.807) is 11.3 Å². The summed E-state index contributed by atoms with van der Waals surface area (Å²) in [6, 6.07) is 2.41. The van der Waals surface area contributed by atoms with Crippen LogP contribution in [0.5, 0.6) is 0 Å². The Bertz CT molecular complexity index is 287. The van der Waals surface area contributed by atoms with Crippen molar-refractivity contribution in [1.29, 1.82) is 0 Å². The van der Waals surface area contributed by atoms with Crippen molar-refractivity contribution in [2.75, 3.05) is 6.61 Å². The SMILES string of the molecule is OCC1Cc2sc(Br)cc2CN1. The van der Waals surface area contributed by atoms with E-state index < -0.39 is 0 Å². The van der Waals surface area contributed by atoms with Gasteiger partial charge < -0.3 is 10.4 Å². The lowest BCUT2D eigenvalue weighted by Gasteiger charge is -2.21. The van der Waals surface area contributed by atoms with E-state index in [0.29, 0.717) is 0 Å². The van der Waals surface area contributed by atoms with Crippen molar-refractivity contribution in [3.63, 3.8) is 0 Å². The minimum atomic E-state index is 0.231. The lowest BCUT2D eigenvalue weighted by atomic mass is 10.1. The summed E-state index contributed by atoms with van der Waals surface area (Å²) >= 11 is 5.24. The molecule has 0 amide bonds. The van der Waals surface area contributed by atoms with Crippen LogP contribution in [0.2, 0.25) is 0 Å². The van der Waals surface area contributed by atoms with Crippen molar-refractivity contribution in [1.82, 2.24) is 5.32 Å². The fraction of sp³-hybridized carbons (Fsp3) is 0.500. The summed E-state index contributed by atoms with van der Waals surface area (Å²) in [7, 11) is 0. The van der Waals surface area contributed by atoms with Crippen molar-refractivity contribution < 1.29 is 5.11 Å². The maximum Gasteiger partial charge on any atom is 0.0704 e. The first kappa shape index (κ1) is 8.69. The second-order valence-corrected chi connectivity index (χ2v) is 5.48. The van der Waals surface area contributed by atoms with Gasteiger partial charge in [0.1, 0.15) is 0 Å². The predicted octanol–water partition coefficient (Wildman–Crippen LogP) is 1.52. The molecule has 0 saturated heterocycles. The van der Waals surface area contributed by atoms with Crippen LogP contribution in [-0.2, 0) is 13.0 Å². The quantitative estimate of drug-likeness (QED) is 0.789. The maximum absolute atomic E-state index is 8.95. The number of aliphatic hydroxyl groups is 1. The molecule has 0 radical (unpaired) electrons. The number of hydrogen-bond acceptors (Lipinski definition) is 3. The van der Waals surface area contributed by atoms with E-state index in [1.807, 2.05) is 0 Å². The number of rotatable bonds is 1. The third-order valence-electron chi connectivity index (χ3n) is 2.10. The molecule has 0 aliphatic carbocycles. The molecule has 0 fully saturated rings. The van der Waals surface area contributed by atoms with Gasteiger partial charge >= 0.3 is 0 Å². The van der Waals surface area contributed by atoms with Crippen LogP contribution in [0.4, 0.5) is 0 Å². The second-order valence-electron chi connectivity index (χ2n) is 2.96. The average Bonchev–Trinajstić information content (AvgIpc) is 2.43. The van der Waals surface area contributed by atoms with E-state index in [9.17, 15) is 0 Å². The molecule has 0 bridgehead atoms. The van der Waals surface area contributed by atoms with E-state index in [4.69, 9.17) is 5.11 Å². The van der Waals surface area contributed by atoms with Crippen molar-refractivity contribution >= 4 is 27.3 Å². The molecule has 1 aromatic rings. The van der Waals surface area contributed by atoms with Gasteiger partial charge in [-0.05, 0) is 34.0 Å².